The van der Waals surface area contributed by atoms with Gasteiger partial charge < -0.3 is 9.94 Å². The largest absolute Gasteiger partial charge is 0.507 e. The summed E-state index contributed by atoms with van der Waals surface area (Å²) < 4.78 is 0. The lowest BCUT2D eigenvalue weighted by molar-refractivity contribution is 0.0861. The maximum atomic E-state index is 10.1. The van der Waals surface area contributed by atoms with Gasteiger partial charge in [0.05, 0.1) is 7.11 Å². The summed E-state index contributed by atoms with van der Waals surface area (Å²) >= 11 is 0. The fourth-order valence-electron chi connectivity index (χ4n) is 1.49. The van der Waals surface area contributed by atoms with Gasteiger partial charge in [-0.2, -0.15) is 5.48 Å². The van der Waals surface area contributed by atoms with Gasteiger partial charge in [-0.25, -0.2) is 0 Å². The van der Waals surface area contributed by atoms with Crippen LogP contribution in [0.2, 0.25) is 0 Å². The molecule has 0 atom stereocenters. The minimum absolute atomic E-state index is 0.0484. The first-order valence-electron chi connectivity index (χ1n) is 5.04. The number of nitrogens with one attached hydrogen (secondary N) is 1. The standard InChI is InChI=1S/C12H19NO2/c1-12(2,3)10-7-5-6-9(11(10)14)8-13-15-4/h5-7,13-14H,8H2,1-4H3. The molecule has 0 amide bonds. The monoisotopic (exact) mass is 209 g/mol. The average Bonchev–Trinajstić information content (AvgIpc) is 2.14. The summed E-state index contributed by atoms with van der Waals surface area (Å²) in [6.45, 7) is 6.74. The van der Waals surface area contributed by atoms with E-state index in [4.69, 9.17) is 4.84 Å². The zero-order valence-electron chi connectivity index (χ0n) is 9.79. The molecule has 0 aliphatic carbocycles. The van der Waals surface area contributed by atoms with Gasteiger partial charge in [0.15, 0.2) is 0 Å². The van der Waals surface area contributed by atoms with E-state index in [2.05, 4.69) is 26.3 Å². The van der Waals surface area contributed by atoms with Gasteiger partial charge in [0.25, 0.3) is 0 Å². The fourth-order valence-corrected chi connectivity index (χ4v) is 1.49. The Hall–Kier alpha value is -1.06. The first-order valence-corrected chi connectivity index (χ1v) is 5.04. The molecule has 0 aromatic heterocycles. The van der Waals surface area contributed by atoms with Crippen molar-refractivity contribution in [3.05, 3.63) is 29.3 Å². The van der Waals surface area contributed by atoms with Gasteiger partial charge in [0.1, 0.15) is 5.75 Å². The second-order valence-corrected chi connectivity index (χ2v) is 4.59. The summed E-state index contributed by atoms with van der Waals surface area (Å²) in [6, 6.07) is 5.79. The summed E-state index contributed by atoms with van der Waals surface area (Å²) in [5.41, 5.74) is 4.48. The molecule has 0 radical (unpaired) electrons. The smallest absolute Gasteiger partial charge is 0.123 e. The molecule has 0 heterocycles. The van der Waals surface area contributed by atoms with Crippen LogP contribution < -0.4 is 5.48 Å². The van der Waals surface area contributed by atoms with Crippen LogP contribution >= 0.6 is 0 Å². The molecular formula is C12H19NO2. The van der Waals surface area contributed by atoms with Gasteiger partial charge >= 0.3 is 0 Å². The summed E-state index contributed by atoms with van der Waals surface area (Å²) in [4.78, 5) is 4.77. The van der Waals surface area contributed by atoms with Gasteiger partial charge in [-0.15, -0.1) is 0 Å². The first kappa shape index (κ1) is 12.0. The number of aromatic hydroxyl groups is 1. The SMILES string of the molecule is CONCc1cccc(C(C)(C)C)c1O. The van der Waals surface area contributed by atoms with Crippen molar-refractivity contribution in [1.82, 2.24) is 5.48 Å². The average molecular weight is 209 g/mol. The molecule has 0 aliphatic rings. The van der Waals surface area contributed by atoms with Gasteiger partial charge in [-0.3, -0.25) is 0 Å². The number of benzene rings is 1. The lowest BCUT2D eigenvalue weighted by Gasteiger charge is -2.21. The number of phenolic OH excluding ortho intramolecular Hbond substituents is 1. The molecule has 1 aromatic carbocycles. The predicted molar refractivity (Wildman–Crippen MR) is 60.7 cm³/mol. The Labute approximate surface area is 91.0 Å². The highest BCUT2D eigenvalue weighted by atomic mass is 16.6. The highest BCUT2D eigenvalue weighted by Gasteiger charge is 2.19. The van der Waals surface area contributed by atoms with Crippen molar-refractivity contribution < 1.29 is 9.94 Å². The molecule has 0 spiro atoms. The molecule has 0 saturated heterocycles. The second-order valence-electron chi connectivity index (χ2n) is 4.59. The predicted octanol–water partition coefficient (Wildman–Crippen LogP) is 2.34. The highest BCUT2D eigenvalue weighted by molar-refractivity contribution is 5.43. The molecule has 3 heteroatoms. The van der Waals surface area contributed by atoms with Crippen LogP contribution in [-0.2, 0) is 16.8 Å². The molecule has 84 valence electrons. The van der Waals surface area contributed by atoms with Crippen LogP contribution in [0, 0.1) is 0 Å². The minimum Gasteiger partial charge on any atom is -0.507 e. The van der Waals surface area contributed by atoms with Crippen molar-refractivity contribution in [2.24, 2.45) is 0 Å². The highest BCUT2D eigenvalue weighted by Crippen LogP contribution is 2.32. The number of rotatable bonds is 3. The Morgan fingerprint density at radius 3 is 2.53 bits per heavy atom. The van der Waals surface area contributed by atoms with Gasteiger partial charge in [0.2, 0.25) is 0 Å². The number of phenols is 1. The van der Waals surface area contributed by atoms with Gasteiger partial charge in [0, 0.05) is 12.1 Å². The topological polar surface area (TPSA) is 41.5 Å². The molecular weight excluding hydrogens is 190 g/mol. The quantitative estimate of drug-likeness (QED) is 0.751. The lowest BCUT2D eigenvalue weighted by Crippen LogP contribution is -2.15. The third-order valence-corrected chi connectivity index (χ3v) is 2.33. The third kappa shape index (κ3) is 2.94. The van der Waals surface area contributed by atoms with Crippen LogP contribution in [0.5, 0.6) is 5.75 Å². The Kier molecular flexibility index (Phi) is 3.72. The van der Waals surface area contributed by atoms with E-state index >= 15 is 0 Å². The van der Waals surface area contributed by atoms with Crippen molar-refractivity contribution in [1.29, 1.82) is 0 Å². The lowest BCUT2D eigenvalue weighted by atomic mass is 9.85. The fraction of sp³-hybridized carbons (Fsp3) is 0.500. The Balaban J connectivity index is 3.01. The molecule has 15 heavy (non-hydrogen) atoms. The molecule has 2 N–H and O–H groups in total. The third-order valence-electron chi connectivity index (χ3n) is 2.33. The summed E-state index contributed by atoms with van der Waals surface area (Å²) in [5.74, 6) is 0.356. The number of hydroxylamine groups is 1. The normalized spacial score (nSPS) is 11.7. The Morgan fingerprint density at radius 1 is 1.33 bits per heavy atom. The van der Waals surface area contributed by atoms with Crippen LogP contribution in [0.15, 0.2) is 18.2 Å². The zero-order chi connectivity index (χ0) is 11.5. The van der Waals surface area contributed by atoms with Crippen LogP contribution in [0.4, 0.5) is 0 Å². The van der Waals surface area contributed by atoms with E-state index in [9.17, 15) is 5.11 Å². The second kappa shape index (κ2) is 4.64. The van der Waals surface area contributed by atoms with E-state index in [-0.39, 0.29) is 5.41 Å². The van der Waals surface area contributed by atoms with Gasteiger partial charge in [-0.05, 0) is 11.0 Å². The van der Waals surface area contributed by atoms with Crippen LogP contribution in [0.1, 0.15) is 31.9 Å². The molecule has 0 aliphatic heterocycles. The molecule has 1 rings (SSSR count). The van der Waals surface area contributed by atoms with Crippen LogP contribution in [0.3, 0.4) is 0 Å². The van der Waals surface area contributed by atoms with E-state index in [1.54, 1.807) is 7.11 Å². The molecule has 3 nitrogen and oxygen atoms in total. The molecule has 0 unspecified atom stereocenters. The minimum atomic E-state index is -0.0484. The Morgan fingerprint density at radius 2 is 2.00 bits per heavy atom. The maximum Gasteiger partial charge on any atom is 0.123 e. The van der Waals surface area contributed by atoms with Crippen molar-refractivity contribution in [3.8, 4) is 5.75 Å². The summed E-state index contributed by atoms with van der Waals surface area (Å²) in [5, 5.41) is 10.1. The zero-order valence-corrected chi connectivity index (χ0v) is 9.79. The van der Waals surface area contributed by atoms with E-state index in [1.165, 1.54) is 0 Å². The van der Waals surface area contributed by atoms with Crippen molar-refractivity contribution >= 4 is 0 Å². The number of hydrogen-bond acceptors (Lipinski definition) is 3. The van der Waals surface area contributed by atoms with E-state index in [0.29, 0.717) is 12.3 Å². The van der Waals surface area contributed by atoms with Crippen molar-refractivity contribution in [3.63, 3.8) is 0 Å². The number of para-hydroxylation sites is 1. The van der Waals surface area contributed by atoms with Crippen molar-refractivity contribution in [2.45, 2.75) is 32.7 Å². The van der Waals surface area contributed by atoms with Crippen molar-refractivity contribution in [2.75, 3.05) is 7.11 Å². The summed E-state index contributed by atoms with van der Waals surface area (Å²) in [6.07, 6.45) is 0. The van der Waals surface area contributed by atoms with Crippen LogP contribution in [0.25, 0.3) is 0 Å². The molecule has 1 aromatic rings. The van der Waals surface area contributed by atoms with E-state index in [1.807, 2.05) is 18.2 Å². The van der Waals surface area contributed by atoms with E-state index in [0.717, 1.165) is 11.1 Å². The van der Waals surface area contributed by atoms with Gasteiger partial charge in [-0.1, -0.05) is 39.0 Å². The van der Waals surface area contributed by atoms with Crippen LogP contribution in [-0.4, -0.2) is 12.2 Å². The van der Waals surface area contributed by atoms with E-state index < -0.39 is 0 Å². The molecule has 0 fully saturated rings. The number of hydrogen-bond donors (Lipinski definition) is 2. The first-order chi connectivity index (χ1) is 6.96. The Bertz CT molecular complexity index is 329. The summed E-state index contributed by atoms with van der Waals surface area (Å²) in [7, 11) is 1.56. The maximum absolute atomic E-state index is 10.1. The molecule has 0 bridgehead atoms. The molecule has 0 saturated carbocycles.